The van der Waals surface area contributed by atoms with E-state index in [9.17, 15) is 32.4 Å². The first kappa shape index (κ1) is 41.2. The Hall–Kier alpha value is -3.94. The van der Waals surface area contributed by atoms with E-state index in [0.29, 0.717) is 54.6 Å². The monoisotopic (exact) mass is 809 g/mol. The number of methoxy groups -OCH3 is 1. The number of benzene rings is 1. The molecule has 7 rings (SSSR count). The lowest BCUT2D eigenvalue weighted by atomic mass is 9.77. The van der Waals surface area contributed by atoms with Gasteiger partial charge in [-0.3, -0.25) is 33.3 Å². The molecular weight excluding hydrogens is 751 g/mol. The maximum absolute atomic E-state index is 14.9. The molecule has 2 bridgehead atoms. The van der Waals surface area contributed by atoms with Gasteiger partial charge >= 0.3 is 5.97 Å². The summed E-state index contributed by atoms with van der Waals surface area (Å²) in [4.78, 5) is 72.4. The van der Waals surface area contributed by atoms with Gasteiger partial charge in [0.15, 0.2) is 11.7 Å². The van der Waals surface area contributed by atoms with E-state index in [1.807, 2.05) is 33.8 Å². The largest absolute Gasteiger partial charge is 0.497 e. The Morgan fingerprint density at radius 1 is 0.982 bits per heavy atom. The lowest BCUT2D eigenvalue weighted by molar-refractivity contribution is -0.158. The third-order valence-corrected chi connectivity index (χ3v) is 15.2. The summed E-state index contributed by atoms with van der Waals surface area (Å²) in [6, 6.07) is 6.09. The van der Waals surface area contributed by atoms with Crippen molar-refractivity contribution >= 4 is 44.4 Å². The number of fused-ring (bicyclic) bond motifs is 5. The minimum Gasteiger partial charge on any atom is -0.497 e. The molecule has 2 amide bonds. The Bertz CT molecular complexity index is 2070. The average molecular weight is 810 g/mol. The number of hydrogen-bond donors (Lipinski definition) is 1. The Labute approximate surface area is 335 Å². The fourth-order valence-electron chi connectivity index (χ4n) is 9.65. The number of aromatic nitrogens is 1. The third-order valence-electron chi connectivity index (χ3n) is 13.4. The van der Waals surface area contributed by atoms with Crippen LogP contribution in [0.3, 0.4) is 0 Å². The van der Waals surface area contributed by atoms with Gasteiger partial charge in [-0.15, -0.1) is 0 Å². The summed E-state index contributed by atoms with van der Waals surface area (Å²) in [6.45, 7) is 8.01. The number of carbonyl (C=O) groups excluding carboxylic acids is 4. The summed E-state index contributed by atoms with van der Waals surface area (Å²) in [7, 11) is -2.28. The number of pyridine rings is 1. The molecule has 3 heterocycles. The molecule has 13 nitrogen and oxygen atoms in total. The van der Waals surface area contributed by atoms with Crippen LogP contribution < -0.4 is 19.8 Å². The summed E-state index contributed by atoms with van der Waals surface area (Å²) in [5, 5.41) is 0.562. The predicted octanol–water partition coefficient (Wildman–Crippen LogP) is 5.68. The van der Waals surface area contributed by atoms with E-state index in [-0.39, 0.29) is 61.0 Å². The molecule has 5 aliphatic rings. The first-order valence-electron chi connectivity index (χ1n) is 21.0. The van der Waals surface area contributed by atoms with E-state index in [2.05, 4.69) is 4.72 Å². The van der Waals surface area contributed by atoms with Crippen molar-refractivity contribution in [3.8, 4) is 11.6 Å². The Kier molecular flexibility index (Phi) is 11.6. The number of nitrogens with one attached hydrogen (secondary N) is 1. The van der Waals surface area contributed by atoms with E-state index in [4.69, 9.17) is 14.2 Å². The number of hydrogen-bond acceptors (Lipinski definition) is 10. The summed E-state index contributed by atoms with van der Waals surface area (Å²) < 4.78 is 47.9. The molecule has 7 atom stereocenters. The van der Waals surface area contributed by atoms with E-state index in [1.54, 1.807) is 29.9 Å². The number of carbonyl (C=O) groups is 4. The molecule has 0 unspecified atom stereocenters. The van der Waals surface area contributed by atoms with E-state index < -0.39 is 56.0 Å². The molecule has 0 radical (unpaired) electrons. The van der Waals surface area contributed by atoms with Crippen LogP contribution in [0, 0.1) is 28.6 Å². The van der Waals surface area contributed by atoms with Crippen molar-refractivity contribution < 1.29 is 41.8 Å². The van der Waals surface area contributed by atoms with E-state index in [1.165, 1.54) is 4.90 Å². The molecule has 2 aliphatic heterocycles. The average Bonchev–Trinajstić information content (AvgIpc) is 4.05. The normalized spacial score (nSPS) is 30.0. The standard InChI is InChI=1S/C43H59N3O10S/c1-6-28-23-43(28,41(51)44-57(52,53)31-15-16-31)24-35(47)34-21-30-25-46(34)40(50)33(42(2,3)4)22-38(48)56-36-13-10-12-26(36)11-8-7-9-18-45-37(55-30)20-27-19-29(54-5)14-17-32(27)39(45)49/h14,17,19-20,26,28,30-31,33-34,36H,6-13,15-16,18,21-25H2,1-5H3,(H,44,51)/t26-,28+,30-,33-,34+,36-,43-/m1/s1. The van der Waals surface area contributed by atoms with Gasteiger partial charge in [0.05, 0.1) is 42.7 Å². The van der Waals surface area contributed by atoms with Crippen LogP contribution in [-0.2, 0) is 40.5 Å². The second-order valence-electron chi connectivity index (χ2n) is 18.3. The molecule has 3 aliphatic carbocycles. The van der Waals surface area contributed by atoms with Gasteiger partial charge in [-0.2, -0.15) is 0 Å². The van der Waals surface area contributed by atoms with Crippen molar-refractivity contribution in [2.24, 2.45) is 28.6 Å². The maximum Gasteiger partial charge on any atom is 0.306 e. The van der Waals surface area contributed by atoms with E-state index in [0.717, 1.165) is 44.9 Å². The molecule has 1 aromatic heterocycles. The van der Waals surface area contributed by atoms with Crippen molar-refractivity contribution in [3.05, 3.63) is 34.6 Å². The zero-order chi connectivity index (χ0) is 40.9. The predicted molar refractivity (Wildman–Crippen MR) is 213 cm³/mol. The molecule has 0 spiro atoms. The van der Waals surface area contributed by atoms with Crippen molar-refractivity contribution in [2.45, 2.75) is 148 Å². The highest BCUT2D eigenvalue weighted by atomic mass is 32.2. The molecular formula is C43H59N3O10S. The van der Waals surface area contributed by atoms with Gasteiger partial charge in [0.1, 0.15) is 18.0 Å². The number of ketones is 1. The van der Waals surface area contributed by atoms with Crippen molar-refractivity contribution in [1.82, 2.24) is 14.2 Å². The second-order valence-corrected chi connectivity index (χ2v) is 20.3. The van der Waals surface area contributed by atoms with Crippen molar-refractivity contribution in [1.29, 1.82) is 0 Å². The highest BCUT2D eigenvalue weighted by molar-refractivity contribution is 7.90. The zero-order valence-corrected chi connectivity index (χ0v) is 34.9. The van der Waals surface area contributed by atoms with Crippen LogP contribution >= 0.6 is 0 Å². The number of sulfonamides is 1. The molecule has 3 saturated carbocycles. The van der Waals surface area contributed by atoms with E-state index >= 15 is 0 Å². The molecule has 57 heavy (non-hydrogen) atoms. The van der Waals surface area contributed by atoms with Crippen LogP contribution in [0.5, 0.6) is 11.6 Å². The maximum atomic E-state index is 14.9. The summed E-state index contributed by atoms with van der Waals surface area (Å²) in [5.74, 6) is -1.70. The molecule has 4 fully saturated rings. The summed E-state index contributed by atoms with van der Waals surface area (Å²) in [6.07, 6.45) is 6.86. The second kappa shape index (κ2) is 16.0. The SMILES string of the molecule is CC[C@H]1C[C@]1(CC(=O)[C@@H]1C[C@@H]2CN1C(=O)[C@H](C(C)(C)C)CC(=O)O[C@@H]1CCC[C@H]1CCCCCn1c(cc3cc(OC)ccc3c1=O)O2)C(=O)NS(=O)(=O)C1CC1. The van der Waals surface area contributed by atoms with Crippen LogP contribution in [0.15, 0.2) is 29.1 Å². The lowest BCUT2D eigenvalue weighted by Gasteiger charge is -2.35. The van der Waals surface area contributed by atoms with Crippen LogP contribution in [0.1, 0.15) is 118 Å². The minimum absolute atomic E-state index is 0.0123. The Morgan fingerprint density at radius 2 is 1.74 bits per heavy atom. The summed E-state index contributed by atoms with van der Waals surface area (Å²) >= 11 is 0. The smallest absolute Gasteiger partial charge is 0.306 e. The van der Waals surface area contributed by atoms with Gasteiger partial charge in [-0.1, -0.05) is 47.0 Å². The lowest BCUT2D eigenvalue weighted by Crippen LogP contribution is -2.48. The summed E-state index contributed by atoms with van der Waals surface area (Å²) in [5.41, 5.74) is -2.09. The molecule has 1 N–H and O–H groups in total. The minimum atomic E-state index is -3.84. The first-order chi connectivity index (χ1) is 27.0. The van der Waals surface area contributed by atoms with Gasteiger partial charge < -0.3 is 19.1 Å². The highest BCUT2D eigenvalue weighted by Gasteiger charge is 2.62. The molecule has 1 aromatic carbocycles. The van der Waals surface area contributed by atoms with Crippen LogP contribution in [-0.4, -0.2) is 78.6 Å². The highest BCUT2D eigenvalue weighted by Crippen LogP contribution is 2.58. The van der Waals surface area contributed by atoms with Crippen molar-refractivity contribution in [2.75, 3.05) is 13.7 Å². The topological polar surface area (TPSA) is 167 Å². The quantitative estimate of drug-likeness (QED) is 0.328. The van der Waals surface area contributed by atoms with Gasteiger partial charge in [0, 0.05) is 30.8 Å². The third kappa shape index (κ3) is 8.61. The van der Waals surface area contributed by atoms with Gasteiger partial charge in [-0.05, 0) is 92.2 Å². The van der Waals surface area contributed by atoms with Crippen LogP contribution in [0.4, 0.5) is 0 Å². The van der Waals surface area contributed by atoms with Gasteiger partial charge in [-0.25, -0.2) is 8.42 Å². The van der Waals surface area contributed by atoms with Gasteiger partial charge in [0.2, 0.25) is 21.8 Å². The zero-order valence-electron chi connectivity index (χ0n) is 34.0. The Balaban J connectivity index is 1.24. The van der Waals surface area contributed by atoms with Crippen LogP contribution in [0.2, 0.25) is 0 Å². The van der Waals surface area contributed by atoms with Crippen molar-refractivity contribution in [3.63, 3.8) is 0 Å². The molecule has 1 saturated heterocycles. The number of esters is 1. The fraction of sp³-hybridized carbons (Fsp3) is 0.698. The Morgan fingerprint density at radius 3 is 2.42 bits per heavy atom. The molecule has 312 valence electrons. The number of ether oxygens (including phenoxy) is 3. The number of rotatable bonds is 8. The number of nitrogens with zero attached hydrogens (tertiary/aromatic N) is 2. The fourth-order valence-corrected chi connectivity index (χ4v) is 11.0. The molecule has 14 heteroatoms. The first-order valence-corrected chi connectivity index (χ1v) is 22.6. The molecule has 2 aromatic rings. The van der Waals surface area contributed by atoms with Crippen LogP contribution in [0.25, 0.3) is 10.8 Å². The number of amides is 2. The van der Waals surface area contributed by atoms with Gasteiger partial charge in [0.25, 0.3) is 5.56 Å². The number of Topliss-reactive ketones (excluding diaryl/α,β-unsaturated/α-hetero) is 1.